The van der Waals surface area contributed by atoms with E-state index in [4.69, 9.17) is 5.73 Å². The zero-order chi connectivity index (χ0) is 14.9. The first-order chi connectivity index (χ1) is 10.1. The van der Waals surface area contributed by atoms with E-state index >= 15 is 0 Å². The fraction of sp³-hybridized carbons (Fsp3) is 0.625. The minimum Gasteiger partial charge on any atom is -0.345 e. The van der Waals surface area contributed by atoms with Crippen LogP contribution in [-0.2, 0) is 12.8 Å². The third-order valence-electron chi connectivity index (χ3n) is 4.91. The lowest BCUT2D eigenvalue weighted by atomic mass is 9.94. The molecule has 2 aliphatic rings. The Morgan fingerprint density at radius 3 is 2.59 bits per heavy atom. The SMILES string of the molecule is Cl.NCC1(NC(=O)c2cc3c([nH]c2=O)CCCC3)CCCC1. The molecule has 0 aliphatic heterocycles. The van der Waals surface area contributed by atoms with Crippen LogP contribution in [0.1, 0.15) is 60.1 Å². The molecule has 0 aromatic carbocycles. The number of nitrogens with two attached hydrogens (primary N) is 1. The van der Waals surface area contributed by atoms with Gasteiger partial charge in [0.05, 0.1) is 5.54 Å². The van der Waals surface area contributed by atoms with Gasteiger partial charge in [-0.3, -0.25) is 9.59 Å². The molecule has 1 aromatic heterocycles. The van der Waals surface area contributed by atoms with Crippen molar-refractivity contribution in [1.82, 2.24) is 10.3 Å². The fourth-order valence-electron chi connectivity index (χ4n) is 3.58. The molecule has 122 valence electrons. The Balaban J connectivity index is 0.00000176. The van der Waals surface area contributed by atoms with E-state index in [2.05, 4.69) is 10.3 Å². The molecular formula is C16H24ClN3O2. The first-order valence-electron chi connectivity index (χ1n) is 7.91. The zero-order valence-corrected chi connectivity index (χ0v) is 13.6. The van der Waals surface area contributed by atoms with Crippen LogP contribution in [0.2, 0.25) is 0 Å². The molecule has 0 radical (unpaired) electrons. The van der Waals surface area contributed by atoms with Gasteiger partial charge in [-0.2, -0.15) is 0 Å². The van der Waals surface area contributed by atoms with Gasteiger partial charge in [-0.05, 0) is 50.2 Å². The molecule has 0 saturated heterocycles. The van der Waals surface area contributed by atoms with Crippen molar-refractivity contribution < 1.29 is 4.79 Å². The Morgan fingerprint density at radius 1 is 1.23 bits per heavy atom. The second kappa shape index (κ2) is 6.84. The third-order valence-corrected chi connectivity index (χ3v) is 4.91. The van der Waals surface area contributed by atoms with E-state index in [0.29, 0.717) is 6.54 Å². The smallest absolute Gasteiger partial charge is 0.261 e. The molecule has 5 nitrogen and oxygen atoms in total. The van der Waals surface area contributed by atoms with Gasteiger partial charge in [0.1, 0.15) is 5.56 Å². The predicted molar refractivity (Wildman–Crippen MR) is 88.7 cm³/mol. The molecule has 0 atom stereocenters. The quantitative estimate of drug-likeness (QED) is 0.790. The summed E-state index contributed by atoms with van der Waals surface area (Å²) in [6, 6.07) is 1.78. The minimum atomic E-state index is -0.320. The number of carbonyl (C=O) groups is 1. The first-order valence-corrected chi connectivity index (χ1v) is 7.91. The number of halogens is 1. The van der Waals surface area contributed by atoms with Gasteiger partial charge in [-0.1, -0.05) is 12.8 Å². The second-order valence-corrected chi connectivity index (χ2v) is 6.37. The Morgan fingerprint density at radius 2 is 1.91 bits per heavy atom. The number of nitrogens with one attached hydrogen (secondary N) is 2. The molecule has 4 N–H and O–H groups in total. The highest BCUT2D eigenvalue weighted by molar-refractivity contribution is 5.94. The highest BCUT2D eigenvalue weighted by Crippen LogP contribution is 2.29. The lowest BCUT2D eigenvalue weighted by Gasteiger charge is -2.28. The summed E-state index contributed by atoms with van der Waals surface area (Å²) in [5.74, 6) is -0.281. The van der Waals surface area contributed by atoms with E-state index in [0.717, 1.165) is 62.6 Å². The van der Waals surface area contributed by atoms with Crippen molar-refractivity contribution in [3.63, 3.8) is 0 Å². The number of rotatable bonds is 3. The molecule has 0 bridgehead atoms. The summed E-state index contributed by atoms with van der Waals surface area (Å²) in [5.41, 5.74) is 7.58. The fourth-order valence-corrected chi connectivity index (χ4v) is 3.58. The van der Waals surface area contributed by atoms with Crippen LogP contribution >= 0.6 is 12.4 Å². The van der Waals surface area contributed by atoms with Gasteiger partial charge in [0.2, 0.25) is 0 Å². The monoisotopic (exact) mass is 325 g/mol. The lowest BCUT2D eigenvalue weighted by Crippen LogP contribution is -2.52. The average Bonchev–Trinajstić information content (AvgIpc) is 2.95. The topological polar surface area (TPSA) is 88.0 Å². The van der Waals surface area contributed by atoms with Gasteiger partial charge in [0, 0.05) is 12.2 Å². The van der Waals surface area contributed by atoms with Crippen molar-refractivity contribution in [2.24, 2.45) is 5.73 Å². The van der Waals surface area contributed by atoms with Crippen LogP contribution < -0.4 is 16.6 Å². The number of aromatic amines is 1. The normalized spacial score (nSPS) is 19.1. The molecule has 3 rings (SSSR count). The van der Waals surface area contributed by atoms with Gasteiger partial charge < -0.3 is 16.0 Å². The molecule has 22 heavy (non-hydrogen) atoms. The lowest BCUT2D eigenvalue weighted by molar-refractivity contribution is 0.0901. The van der Waals surface area contributed by atoms with Crippen LogP contribution in [0.5, 0.6) is 0 Å². The number of amides is 1. The number of hydrogen-bond donors (Lipinski definition) is 3. The Labute approximate surface area is 136 Å². The van der Waals surface area contributed by atoms with Gasteiger partial charge >= 0.3 is 0 Å². The van der Waals surface area contributed by atoms with E-state index in [9.17, 15) is 9.59 Å². The highest BCUT2D eigenvalue weighted by Gasteiger charge is 2.34. The van der Waals surface area contributed by atoms with Crippen molar-refractivity contribution in [2.45, 2.75) is 56.9 Å². The van der Waals surface area contributed by atoms with Crippen molar-refractivity contribution in [2.75, 3.05) is 6.54 Å². The van der Waals surface area contributed by atoms with Crippen LogP contribution in [0.4, 0.5) is 0 Å². The van der Waals surface area contributed by atoms with Crippen molar-refractivity contribution >= 4 is 18.3 Å². The number of aromatic nitrogens is 1. The van der Waals surface area contributed by atoms with Crippen LogP contribution in [0.15, 0.2) is 10.9 Å². The third kappa shape index (κ3) is 3.20. The Bertz CT molecular complexity index is 606. The molecule has 1 fully saturated rings. The first kappa shape index (κ1) is 17.0. The number of hydrogen-bond acceptors (Lipinski definition) is 3. The predicted octanol–water partition coefficient (Wildman–Crippen LogP) is 1.68. The number of pyridine rings is 1. The maximum Gasteiger partial charge on any atom is 0.261 e. The molecule has 2 aliphatic carbocycles. The second-order valence-electron chi connectivity index (χ2n) is 6.37. The van der Waals surface area contributed by atoms with Gasteiger partial charge in [0.15, 0.2) is 0 Å². The largest absolute Gasteiger partial charge is 0.345 e. The highest BCUT2D eigenvalue weighted by atomic mass is 35.5. The van der Waals surface area contributed by atoms with Crippen molar-refractivity contribution in [3.05, 3.63) is 33.2 Å². The van der Waals surface area contributed by atoms with Crippen LogP contribution in [0.25, 0.3) is 0 Å². The molecule has 0 unspecified atom stereocenters. The average molecular weight is 326 g/mol. The minimum absolute atomic E-state index is 0. The van der Waals surface area contributed by atoms with Crippen LogP contribution in [0.3, 0.4) is 0 Å². The van der Waals surface area contributed by atoms with E-state index in [1.165, 1.54) is 0 Å². The summed E-state index contributed by atoms with van der Waals surface area (Å²) >= 11 is 0. The zero-order valence-electron chi connectivity index (χ0n) is 12.7. The number of aryl methyl sites for hydroxylation is 2. The number of carbonyl (C=O) groups excluding carboxylic acids is 1. The Hall–Kier alpha value is -1.33. The maximum atomic E-state index is 12.5. The van der Waals surface area contributed by atoms with E-state index < -0.39 is 0 Å². The summed E-state index contributed by atoms with van der Waals surface area (Å²) in [6.45, 7) is 0.432. The van der Waals surface area contributed by atoms with Crippen molar-refractivity contribution in [3.8, 4) is 0 Å². The summed E-state index contributed by atoms with van der Waals surface area (Å²) in [6.07, 6.45) is 8.03. The summed E-state index contributed by atoms with van der Waals surface area (Å²) < 4.78 is 0. The molecule has 0 spiro atoms. The van der Waals surface area contributed by atoms with Gasteiger partial charge in [0.25, 0.3) is 11.5 Å². The molecule has 1 amide bonds. The number of H-pyrrole nitrogens is 1. The Kier molecular flexibility index (Phi) is 5.29. The van der Waals surface area contributed by atoms with Gasteiger partial charge in [-0.15, -0.1) is 12.4 Å². The number of fused-ring (bicyclic) bond motifs is 1. The molecule has 1 aromatic rings. The van der Waals surface area contributed by atoms with E-state index in [-0.39, 0.29) is 35.0 Å². The molecular weight excluding hydrogens is 302 g/mol. The molecule has 1 heterocycles. The standard InChI is InChI=1S/C16H23N3O2.ClH/c17-10-16(7-3-4-8-16)19-15(21)12-9-11-5-1-2-6-13(11)18-14(12)20;/h9H,1-8,10,17H2,(H,18,20)(H,19,21);1H. The van der Waals surface area contributed by atoms with E-state index in [1.54, 1.807) is 6.07 Å². The molecule has 6 heteroatoms. The van der Waals surface area contributed by atoms with Crippen LogP contribution in [0, 0.1) is 0 Å². The van der Waals surface area contributed by atoms with Crippen LogP contribution in [-0.4, -0.2) is 23.0 Å². The van der Waals surface area contributed by atoms with Crippen molar-refractivity contribution in [1.29, 1.82) is 0 Å². The van der Waals surface area contributed by atoms with Gasteiger partial charge in [-0.25, -0.2) is 0 Å². The summed E-state index contributed by atoms with van der Waals surface area (Å²) in [4.78, 5) is 27.5. The maximum absolute atomic E-state index is 12.5. The van der Waals surface area contributed by atoms with E-state index in [1.807, 2.05) is 0 Å². The summed E-state index contributed by atoms with van der Waals surface area (Å²) in [5, 5.41) is 3.02. The molecule has 1 saturated carbocycles. The summed E-state index contributed by atoms with van der Waals surface area (Å²) in [7, 11) is 0.